The summed E-state index contributed by atoms with van der Waals surface area (Å²) in [5, 5.41) is 6.04. The monoisotopic (exact) mass is 421 g/mol. The van der Waals surface area contributed by atoms with Gasteiger partial charge in [-0.2, -0.15) is 13.2 Å². The van der Waals surface area contributed by atoms with E-state index in [1.807, 2.05) is 6.07 Å². The molecule has 30 heavy (non-hydrogen) atoms. The molecule has 0 aliphatic heterocycles. The third kappa shape index (κ3) is 7.97. The van der Waals surface area contributed by atoms with Crippen LogP contribution in [0.5, 0.6) is 0 Å². The molecule has 1 amide bonds. The number of nitrogens with two attached hydrogens (primary N) is 1. The fourth-order valence-corrected chi connectivity index (χ4v) is 3.10. The first-order valence-electron chi connectivity index (χ1n) is 10.4. The maximum absolute atomic E-state index is 12.6. The first-order valence-corrected chi connectivity index (χ1v) is 10.4. The van der Waals surface area contributed by atoms with Gasteiger partial charge in [-0.3, -0.25) is 4.79 Å². The lowest BCUT2D eigenvalue weighted by molar-refractivity contribution is -0.137. The van der Waals surface area contributed by atoms with Crippen LogP contribution in [0.1, 0.15) is 56.6 Å². The predicted octanol–water partition coefficient (Wildman–Crippen LogP) is 6.24. The molecular weight excluding hydrogens is 391 g/mol. The number of nitrogens with one attached hydrogen (secondary N) is 2. The van der Waals surface area contributed by atoms with Crippen LogP contribution in [0.15, 0.2) is 42.5 Å². The zero-order valence-electron chi connectivity index (χ0n) is 17.3. The Morgan fingerprint density at radius 3 is 2.33 bits per heavy atom. The van der Waals surface area contributed by atoms with E-state index < -0.39 is 11.7 Å². The number of hydrogen-bond donors (Lipinski definition) is 3. The van der Waals surface area contributed by atoms with Crippen LogP contribution in [0, 0.1) is 0 Å². The summed E-state index contributed by atoms with van der Waals surface area (Å²) in [6, 6.07) is 10.5. The molecule has 0 spiro atoms. The molecule has 2 rings (SSSR count). The van der Waals surface area contributed by atoms with Crippen molar-refractivity contribution in [1.29, 1.82) is 0 Å². The fraction of sp³-hybridized carbons (Fsp3) is 0.435. The van der Waals surface area contributed by atoms with Crippen LogP contribution in [0.3, 0.4) is 0 Å². The van der Waals surface area contributed by atoms with Gasteiger partial charge in [0.05, 0.1) is 16.9 Å². The van der Waals surface area contributed by atoms with Crippen LogP contribution in [-0.4, -0.2) is 12.5 Å². The van der Waals surface area contributed by atoms with Gasteiger partial charge in [-0.15, -0.1) is 0 Å². The van der Waals surface area contributed by atoms with Crippen LogP contribution < -0.4 is 16.4 Å². The van der Waals surface area contributed by atoms with Crippen LogP contribution >= 0.6 is 0 Å². The number of benzene rings is 2. The normalized spacial score (nSPS) is 11.3. The minimum Gasteiger partial charge on any atom is -0.397 e. The van der Waals surface area contributed by atoms with E-state index in [1.54, 1.807) is 12.1 Å². The Balaban J connectivity index is 1.77. The number of rotatable bonds is 11. The van der Waals surface area contributed by atoms with E-state index in [-0.39, 0.29) is 5.91 Å². The van der Waals surface area contributed by atoms with Gasteiger partial charge in [-0.05, 0) is 48.7 Å². The second kappa shape index (κ2) is 11.5. The molecule has 0 aliphatic carbocycles. The number of nitrogen functional groups attached to an aromatic ring is 1. The Morgan fingerprint density at radius 1 is 1.00 bits per heavy atom. The van der Waals surface area contributed by atoms with Crippen molar-refractivity contribution in [1.82, 2.24) is 0 Å². The maximum Gasteiger partial charge on any atom is 0.416 e. The highest BCUT2D eigenvalue weighted by atomic mass is 19.4. The molecule has 0 atom stereocenters. The Hall–Kier alpha value is -2.70. The Labute approximate surface area is 176 Å². The highest BCUT2D eigenvalue weighted by Gasteiger charge is 2.29. The molecule has 0 bridgehead atoms. The zero-order chi connectivity index (χ0) is 22.0. The molecule has 4 N–H and O–H groups in total. The molecule has 0 radical (unpaired) electrons. The highest BCUT2D eigenvalue weighted by Crippen LogP contribution is 2.29. The van der Waals surface area contributed by atoms with Crippen LogP contribution in [-0.2, 0) is 17.4 Å². The topological polar surface area (TPSA) is 67.2 Å². The van der Waals surface area contributed by atoms with Crippen molar-refractivity contribution >= 4 is 23.0 Å². The molecule has 0 fully saturated rings. The lowest BCUT2D eigenvalue weighted by atomic mass is 10.1. The van der Waals surface area contributed by atoms with Gasteiger partial charge in [0, 0.05) is 18.7 Å². The molecule has 164 valence electrons. The zero-order valence-corrected chi connectivity index (χ0v) is 17.3. The van der Waals surface area contributed by atoms with Gasteiger partial charge in [-0.25, -0.2) is 0 Å². The van der Waals surface area contributed by atoms with Gasteiger partial charge in [0.1, 0.15) is 0 Å². The quantitative estimate of drug-likeness (QED) is 0.297. The van der Waals surface area contributed by atoms with E-state index >= 15 is 0 Å². The summed E-state index contributed by atoms with van der Waals surface area (Å²) in [5.41, 5.74) is 8.05. The number of carbonyl (C=O) groups excluding carboxylic acids is 1. The highest BCUT2D eigenvalue weighted by molar-refractivity contribution is 5.94. The van der Waals surface area contributed by atoms with Gasteiger partial charge in [0.15, 0.2) is 0 Å². The van der Waals surface area contributed by atoms with Gasteiger partial charge in [-0.1, -0.05) is 44.7 Å². The summed E-state index contributed by atoms with van der Waals surface area (Å²) in [7, 11) is 0. The summed E-state index contributed by atoms with van der Waals surface area (Å²) in [6.45, 7) is 2.71. The molecule has 2 aromatic rings. The second-order valence-electron chi connectivity index (χ2n) is 7.39. The van der Waals surface area contributed by atoms with Crippen LogP contribution in [0.25, 0.3) is 0 Å². The molecule has 0 aromatic heterocycles. The summed E-state index contributed by atoms with van der Waals surface area (Å²) >= 11 is 0. The Morgan fingerprint density at radius 2 is 1.70 bits per heavy atom. The fourth-order valence-electron chi connectivity index (χ4n) is 3.10. The molecule has 2 aromatic carbocycles. The summed E-state index contributed by atoms with van der Waals surface area (Å²) in [6.07, 6.45) is 2.19. The standard InChI is InChI=1S/C23H30F3N3O/c1-2-3-4-5-6-7-22(30)29-21-13-12-19(16-20(21)27)28-15-14-17-8-10-18(11-9-17)23(24,25)26/h8-13,16,28H,2-7,14-15,27H2,1H3,(H,29,30). The summed E-state index contributed by atoms with van der Waals surface area (Å²) in [5.74, 6) is -0.0405. The number of hydrogen-bond acceptors (Lipinski definition) is 3. The molecule has 4 nitrogen and oxygen atoms in total. The van der Waals surface area contributed by atoms with Crippen molar-refractivity contribution in [2.75, 3.05) is 22.9 Å². The van der Waals surface area contributed by atoms with E-state index in [0.29, 0.717) is 30.8 Å². The Bertz CT molecular complexity index is 804. The number of halogens is 3. The lowest BCUT2D eigenvalue weighted by Gasteiger charge is -2.12. The van der Waals surface area contributed by atoms with E-state index in [1.165, 1.54) is 25.0 Å². The minimum absolute atomic E-state index is 0.0405. The molecule has 0 heterocycles. The maximum atomic E-state index is 12.6. The van der Waals surface area contributed by atoms with Crippen molar-refractivity contribution in [3.63, 3.8) is 0 Å². The van der Waals surface area contributed by atoms with E-state index in [2.05, 4.69) is 17.6 Å². The number of amides is 1. The number of carbonyl (C=O) groups is 1. The van der Waals surface area contributed by atoms with Crippen molar-refractivity contribution in [2.45, 2.75) is 58.0 Å². The molecule has 0 saturated heterocycles. The van der Waals surface area contributed by atoms with Gasteiger partial charge >= 0.3 is 6.18 Å². The number of anilines is 3. The first kappa shape index (κ1) is 23.6. The number of unbranched alkanes of at least 4 members (excludes halogenated alkanes) is 4. The average Bonchev–Trinajstić information content (AvgIpc) is 2.69. The third-order valence-electron chi connectivity index (χ3n) is 4.86. The van der Waals surface area contributed by atoms with Gasteiger partial charge in [0.25, 0.3) is 0 Å². The van der Waals surface area contributed by atoms with Crippen molar-refractivity contribution in [3.8, 4) is 0 Å². The van der Waals surface area contributed by atoms with E-state index in [4.69, 9.17) is 5.73 Å². The summed E-state index contributed by atoms with van der Waals surface area (Å²) < 4.78 is 37.8. The molecule has 0 saturated carbocycles. The minimum atomic E-state index is -4.32. The van der Waals surface area contributed by atoms with Crippen LogP contribution in [0.2, 0.25) is 0 Å². The molecule has 0 aliphatic rings. The molecule has 7 heteroatoms. The second-order valence-corrected chi connectivity index (χ2v) is 7.39. The molecule has 0 unspecified atom stereocenters. The first-order chi connectivity index (χ1) is 14.3. The smallest absolute Gasteiger partial charge is 0.397 e. The van der Waals surface area contributed by atoms with Crippen molar-refractivity contribution < 1.29 is 18.0 Å². The van der Waals surface area contributed by atoms with Gasteiger partial charge < -0.3 is 16.4 Å². The predicted molar refractivity (Wildman–Crippen MR) is 116 cm³/mol. The Kier molecular flexibility index (Phi) is 9.02. The van der Waals surface area contributed by atoms with E-state index in [9.17, 15) is 18.0 Å². The lowest BCUT2D eigenvalue weighted by Crippen LogP contribution is -2.13. The SMILES string of the molecule is CCCCCCCC(=O)Nc1ccc(NCCc2ccc(C(F)(F)F)cc2)cc1N. The average molecular weight is 422 g/mol. The van der Waals surface area contributed by atoms with Crippen molar-refractivity contribution in [3.05, 3.63) is 53.6 Å². The van der Waals surface area contributed by atoms with Crippen molar-refractivity contribution in [2.24, 2.45) is 0 Å². The summed E-state index contributed by atoms with van der Waals surface area (Å²) in [4.78, 5) is 12.0. The number of alkyl halides is 3. The largest absolute Gasteiger partial charge is 0.416 e. The third-order valence-corrected chi connectivity index (χ3v) is 4.86. The molecular formula is C23H30F3N3O. The van der Waals surface area contributed by atoms with E-state index in [0.717, 1.165) is 42.6 Å². The van der Waals surface area contributed by atoms with Crippen LogP contribution in [0.4, 0.5) is 30.2 Å². The van der Waals surface area contributed by atoms with Gasteiger partial charge in [0.2, 0.25) is 5.91 Å².